The minimum atomic E-state index is -0.356. The third-order valence-electron chi connectivity index (χ3n) is 3.51. The number of halogens is 1. The zero-order valence-electron chi connectivity index (χ0n) is 12.2. The topological polar surface area (TPSA) is 55.2 Å². The van der Waals surface area contributed by atoms with Crippen molar-refractivity contribution in [2.75, 3.05) is 5.32 Å². The molecule has 21 heavy (non-hydrogen) atoms. The van der Waals surface area contributed by atoms with Crippen molar-refractivity contribution in [2.24, 2.45) is 0 Å². The predicted molar refractivity (Wildman–Crippen MR) is 88.8 cm³/mol. The number of hydrogen-bond donors (Lipinski definition) is 1. The van der Waals surface area contributed by atoms with Gasteiger partial charge >= 0.3 is 0 Å². The molecule has 0 saturated heterocycles. The highest BCUT2D eigenvalue weighted by molar-refractivity contribution is 9.10. The van der Waals surface area contributed by atoms with Crippen LogP contribution in [-0.4, -0.2) is 4.92 Å². The Morgan fingerprint density at radius 2 is 1.86 bits per heavy atom. The number of benzene rings is 2. The molecule has 0 aliphatic rings. The van der Waals surface area contributed by atoms with Crippen LogP contribution in [0.2, 0.25) is 0 Å². The molecule has 0 fully saturated rings. The van der Waals surface area contributed by atoms with Crippen molar-refractivity contribution in [1.29, 1.82) is 0 Å². The molecule has 1 unspecified atom stereocenters. The zero-order chi connectivity index (χ0) is 15.6. The molecule has 0 aromatic heterocycles. The van der Waals surface area contributed by atoms with Gasteiger partial charge in [-0.3, -0.25) is 10.1 Å². The Labute approximate surface area is 132 Å². The highest BCUT2D eigenvalue weighted by Gasteiger charge is 2.16. The molecule has 2 aromatic rings. The smallest absolute Gasteiger partial charge is 0.274 e. The SMILES string of the molecule is Cc1ccccc1C(C)Nc1cc([N+](=O)[O-])c(C)cc1Br. The molecule has 1 N–H and O–H groups in total. The third kappa shape index (κ3) is 3.42. The Hall–Kier alpha value is -1.88. The van der Waals surface area contributed by atoms with E-state index in [1.54, 1.807) is 19.1 Å². The maximum Gasteiger partial charge on any atom is 0.274 e. The minimum absolute atomic E-state index is 0.0600. The van der Waals surface area contributed by atoms with E-state index in [0.717, 1.165) is 10.2 Å². The highest BCUT2D eigenvalue weighted by Crippen LogP contribution is 2.33. The lowest BCUT2D eigenvalue weighted by Crippen LogP contribution is -2.09. The molecule has 0 heterocycles. The van der Waals surface area contributed by atoms with Gasteiger partial charge in [0.15, 0.2) is 0 Å². The summed E-state index contributed by atoms with van der Waals surface area (Å²) in [5.74, 6) is 0. The van der Waals surface area contributed by atoms with Crippen LogP contribution in [0.4, 0.5) is 11.4 Å². The van der Waals surface area contributed by atoms with E-state index in [2.05, 4.69) is 40.3 Å². The lowest BCUT2D eigenvalue weighted by molar-refractivity contribution is -0.385. The molecule has 0 aliphatic carbocycles. The van der Waals surface area contributed by atoms with Crippen molar-refractivity contribution >= 4 is 27.3 Å². The summed E-state index contributed by atoms with van der Waals surface area (Å²) < 4.78 is 0.825. The van der Waals surface area contributed by atoms with Crippen molar-refractivity contribution in [1.82, 2.24) is 0 Å². The number of nitrogens with one attached hydrogen (secondary N) is 1. The Kier molecular flexibility index (Phi) is 4.63. The largest absolute Gasteiger partial charge is 0.377 e. The first-order chi connectivity index (χ1) is 9.90. The molecule has 2 aromatic carbocycles. The second kappa shape index (κ2) is 6.26. The van der Waals surface area contributed by atoms with Crippen LogP contribution in [0.5, 0.6) is 0 Å². The summed E-state index contributed by atoms with van der Waals surface area (Å²) in [6.07, 6.45) is 0. The fraction of sp³-hybridized carbons (Fsp3) is 0.250. The van der Waals surface area contributed by atoms with Gasteiger partial charge in [-0.2, -0.15) is 0 Å². The molecular weight excluding hydrogens is 332 g/mol. The summed E-state index contributed by atoms with van der Waals surface area (Å²) in [7, 11) is 0. The minimum Gasteiger partial charge on any atom is -0.377 e. The quantitative estimate of drug-likeness (QED) is 0.614. The first kappa shape index (κ1) is 15.5. The van der Waals surface area contributed by atoms with Crippen LogP contribution in [-0.2, 0) is 0 Å². The first-order valence-electron chi connectivity index (χ1n) is 6.66. The van der Waals surface area contributed by atoms with E-state index in [9.17, 15) is 10.1 Å². The van der Waals surface area contributed by atoms with Crippen molar-refractivity contribution in [3.05, 3.63) is 67.7 Å². The predicted octanol–water partition coefficient (Wildman–Crippen LogP) is 5.15. The van der Waals surface area contributed by atoms with Crippen LogP contribution in [0, 0.1) is 24.0 Å². The van der Waals surface area contributed by atoms with Crippen molar-refractivity contribution in [2.45, 2.75) is 26.8 Å². The Balaban J connectivity index is 2.33. The van der Waals surface area contributed by atoms with E-state index in [-0.39, 0.29) is 16.7 Å². The van der Waals surface area contributed by atoms with E-state index in [4.69, 9.17) is 0 Å². The first-order valence-corrected chi connectivity index (χ1v) is 7.46. The summed E-state index contributed by atoms with van der Waals surface area (Å²) in [6.45, 7) is 5.83. The zero-order valence-corrected chi connectivity index (χ0v) is 13.8. The fourth-order valence-electron chi connectivity index (χ4n) is 2.35. The molecular formula is C16H17BrN2O2. The van der Waals surface area contributed by atoms with Gasteiger partial charge in [-0.1, -0.05) is 24.3 Å². The number of rotatable bonds is 4. The molecule has 0 amide bonds. The molecule has 1 atom stereocenters. The molecule has 0 aliphatic heterocycles. The van der Waals surface area contributed by atoms with Crippen LogP contribution in [0.1, 0.15) is 29.7 Å². The van der Waals surface area contributed by atoms with Gasteiger partial charge in [-0.15, -0.1) is 0 Å². The lowest BCUT2D eigenvalue weighted by atomic mass is 10.0. The molecule has 0 bridgehead atoms. The Bertz CT molecular complexity index is 686. The standard InChI is InChI=1S/C16H17BrN2O2/c1-10-6-4-5-7-13(10)12(3)18-15-9-16(19(20)21)11(2)8-14(15)17/h4-9,12,18H,1-3H3. The van der Waals surface area contributed by atoms with E-state index >= 15 is 0 Å². The third-order valence-corrected chi connectivity index (χ3v) is 4.17. The molecule has 5 heteroatoms. The Morgan fingerprint density at radius 1 is 1.19 bits per heavy atom. The van der Waals surface area contributed by atoms with Crippen LogP contribution in [0.3, 0.4) is 0 Å². The molecule has 2 rings (SSSR count). The maximum absolute atomic E-state index is 11.1. The van der Waals surface area contributed by atoms with Gasteiger partial charge in [0.2, 0.25) is 0 Å². The lowest BCUT2D eigenvalue weighted by Gasteiger charge is -2.19. The highest BCUT2D eigenvalue weighted by atomic mass is 79.9. The van der Waals surface area contributed by atoms with Crippen LogP contribution >= 0.6 is 15.9 Å². The molecule has 0 spiro atoms. The van der Waals surface area contributed by atoms with Crippen molar-refractivity contribution in [3.8, 4) is 0 Å². The number of anilines is 1. The van der Waals surface area contributed by atoms with Gasteiger partial charge < -0.3 is 5.32 Å². The number of nitro groups is 1. The average molecular weight is 349 g/mol. The maximum atomic E-state index is 11.1. The fourth-order valence-corrected chi connectivity index (χ4v) is 2.92. The van der Waals surface area contributed by atoms with Gasteiger partial charge in [0.05, 0.1) is 10.6 Å². The number of hydrogen-bond acceptors (Lipinski definition) is 3. The van der Waals surface area contributed by atoms with E-state index < -0.39 is 0 Å². The Morgan fingerprint density at radius 3 is 2.48 bits per heavy atom. The van der Waals surface area contributed by atoms with Gasteiger partial charge in [0.25, 0.3) is 5.69 Å². The van der Waals surface area contributed by atoms with E-state index in [1.165, 1.54) is 11.1 Å². The second-order valence-electron chi connectivity index (χ2n) is 5.10. The van der Waals surface area contributed by atoms with Gasteiger partial charge in [0.1, 0.15) is 0 Å². The number of nitrogens with zero attached hydrogens (tertiary/aromatic N) is 1. The van der Waals surface area contributed by atoms with Gasteiger partial charge in [-0.05, 0) is 53.9 Å². The normalized spacial score (nSPS) is 12.0. The van der Waals surface area contributed by atoms with Gasteiger partial charge in [0, 0.05) is 22.1 Å². The molecule has 0 radical (unpaired) electrons. The number of nitro benzene ring substituents is 1. The van der Waals surface area contributed by atoms with Crippen LogP contribution in [0.25, 0.3) is 0 Å². The average Bonchev–Trinajstić information content (AvgIpc) is 2.41. The van der Waals surface area contributed by atoms with Crippen LogP contribution in [0.15, 0.2) is 40.9 Å². The number of aryl methyl sites for hydroxylation is 2. The summed E-state index contributed by atoms with van der Waals surface area (Å²) in [6, 6.07) is 11.5. The monoisotopic (exact) mass is 348 g/mol. The summed E-state index contributed by atoms with van der Waals surface area (Å²) >= 11 is 3.46. The van der Waals surface area contributed by atoms with E-state index in [0.29, 0.717) is 5.56 Å². The second-order valence-corrected chi connectivity index (χ2v) is 5.95. The molecule has 110 valence electrons. The summed E-state index contributed by atoms with van der Waals surface area (Å²) in [4.78, 5) is 10.7. The summed E-state index contributed by atoms with van der Waals surface area (Å²) in [5.41, 5.74) is 3.85. The molecule has 0 saturated carbocycles. The van der Waals surface area contributed by atoms with Gasteiger partial charge in [-0.25, -0.2) is 0 Å². The van der Waals surface area contributed by atoms with Crippen LogP contribution < -0.4 is 5.32 Å². The van der Waals surface area contributed by atoms with E-state index in [1.807, 2.05) is 19.1 Å². The summed E-state index contributed by atoms with van der Waals surface area (Å²) in [5, 5.41) is 14.4. The molecule has 4 nitrogen and oxygen atoms in total. The van der Waals surface area contributed by atoms with Crippen molar-refractivity contribution < 1.29 is 4.92 Å². The van der Waals surface area contributed by atoms with Crippen molar-refractivity contribution in [3.63, 3.8) is 0 Å².